The van der Waals surface area contributed by atoms with Crippen LogP contribution in [0.4, 0.5) is 5.95 Å². The minimum atomic E-state index is 0.562. The highest BCUT2D eigenvalue weighted by Gasteiger charge is 2.07. The Morgan fingerprint density at radius 1 is 1.41 bits per heavy atom. The standard InChI is InChI=1S/C13H18ClN3/c1-10(7-8-14)9-15-13-16-11-5-3-4-6-12(11)17(13)2/h3-6,10H,7-9H2,1-2H3,(H,15,16). The van der Waals surface area contributed by atoms with Crippen LogP contribution < -0.4 is 5.32 Å². The van der Waals surface area contributed by atoms with Crippen LogP contribution in [-0.4, -0.2) is 22.0 Å². The number of alkyl halides is 1. The van der Waals surface area contributed by atoms with Crippen molar-refractivity contribution in [1.29, 1.82) is 0 Å². The lowest BCUT2D eigenvalue weighted by atomic mass is 10.1. The molecule has 0 radical (unpaired) electrons. The van der Waals surface area contributed by atoms with Gasteiger partial charge in [-0.05, 0) is 24.5 Å². The van der Waals surface area contributed by atoms with E-state index in [1.54, 1.807) is 0 Å². The zero-order valence-corrected chi connectivity index (χ0v) is 11.0. The number of para-hydroxylation sites is 2. The number of hydrogen-bond acceptors (Lipinski definition) is 2. The van der Waals surface area contributed by atoms with E-state index in [1.165, 1.54) is 0 Å². The van der Waals surface area contributed by atoms with Gasteiger partial charge in [0.15, 0.2) is 0 Å². The summed E-state index contributed by atoms with van der Waals surface area (Å²) >= 11 is 5.73. The average molecular weight is 252 g/mol. The summed E-state index contributed by atoms with van der Waals surface area (Å²) in [4.78, 5) is 4.56. The summed E-state index contributed by atoms with van der Waals surface area (Å²) in [5.74, 6) is 2.20. The Morgan fingerprint density at radius 2 is 2.18 bits per heavy atom. The molecule has 1 unspecified atom stereocenters. The highest BCUT2D eigenvalue weighted by atomic mass is 35.5. The molecule has 0 aliphatic carbocycles. The number of nitrogens with zero attached hydrogens (tertiary/aromatic N) is 2. The molecule has 0 amide bonds. The second-order valence-corrected chi connectivity index (χ2v) is 4.82. The summed E-state index contributed by atoms with van der Waals surface area (Å²) in [6.07, 6.45) is 1.03. The lowest BCUT2D eigenvalue weighted by Gasteiger charge is -2.11. The Balaban J connectivity index is 2.11. The third kappa shape index (κ3) is 2.72. The van der Waals surface area contributed by atoms with Gasteiger partial charge in [-0.15, -0.1) is 11.6 Å². The second-order valence-electron chi connectivity index (χ2n) is 4.45. The first-order chi connectivity index (χ1) is 8.22. The van der Waals surface area contributed by atoms with Gasteiger partial charge in [0.25, 0.3) is 0 Å². The summed E-state index contributed by atoms with van der Waals surface area (Å²) in [6, 6.07) is 8.15. The minimum Gasteiger partial charge on any atom is -0.355 e. The number of fused-ring (bicyclic) bond motifs is 1. The number of anilines is 1. The Bertz CT molecular complexity index is 492. The maximum Gasteiger partial charge on any atom is 0.203 e. The van der Waals surface area contributed by atoms with Crippen molar-refractivity contribution in [2.45, 2.75) is 13.3 Å². The van der Waals surface area contributed by atoms with E-state index in [0.717, 1.165) is 29.9 Å². The summed E-state index contributed by atoms with van der Waals surface area (Å²) in [5, 5.41) is 3.38. The average Bonchev–Trinajstić information content (AvgIpc) is 2.65. The number of nitrogens with one attached hydrogen (secondary N) is 1. The fourth-order valence-corrected chi connectivity index (χ4v) is 2.23. The smallest absolute Gasteiger partial charge is 0.203 e. The lowest BCUT2D eigenvalue weighted by molar-refractivity contribution is 0.593. The van der Waals surface area contributed by atoms with E-state index in [2.05, 4.69) is 27.9 Å². The zero-order chi connectivity index (χ0) is 12.3. The highest BCUT2D eigenvalue weighted by Crippen LogP contribution is 2.17. The number of rotatable bonds is 5. The van der Waals surface area contributed by atoms with Crippen molar-refractivity contribution in [1.82, 2.24) is 9.55 Å². The van der Waals surface area contributed by atoms with Crippen LogP contribution in [0.15, 0.2) is 24.3 Å². The first kappa shape index (κ1) is 12.2. The maximum absolute atomic E-state index is 5.73. The van der Waals surface area contributed by atoms with Crippen molar-refractivity contribution in [2.24, 2.45) is 13.0 Å². The molecule has 0 fully saturated rings. The van der Waals surface area contributed by atoms with Gasteiger partial charge in [0.2, 0.25) is 5.95 Å². The van der Waals surface area contributed by atoms with E-state index in [4.69, 9.17) is 11.6 Å². The van der Waals surface area contributed by atoms with Crippen LogP contribution in [-0.2, 0) is 7.05 Å². The van der Waals surface area contributed by atoms with Gasteiger partial charge in [-0.2, -0.15) is 0 Å². The third-order valence-corrected chi connectivity index (χ3v) is 3.22. The number of aromatic nitrogens is 2. The molecule has 1 heterocycles. The molecular weight excluding hydrogens is 234 g/mol. The van der Waals surface area contributed by atoms with Gasteiger partial charge in [-0.1, -0.05) is 19.1 Å². The summed E-state index contributed by atoms with van der Waals surface area (Å²) in [6.45, 7) is 3.10. The van der Waals surface area contributed by atoms with E-state index in [9.17, 15) is 0 Å². The SMILES string of the molecule is CC(CCCl)CNc1nc2ccccc2n1C. The van der Waals surface area contributed by atoms with Gasteiger partial charge in [-0.25, -0.2) is 4.98 Å². The van der Waals surface area contributed by atoms with Crippen molar-refractivity contribution < 1.29 is 0 Å². The predicted molar refractivity (Wildman–Crippen MR) is 73.7 cm³/mol. The van der Waals surface area contributed by atoms with Crippen LogP contribution in [0.5, 0.6) is 0 Å². The Kier molecular flexibility index (Phi) is 3.89. The molecule has 0 saturated carbocycles. The van der Waals surface area contributed by atoms with Crippen LogP contribution in [0.25, 0.3) is 11.0 Å². The quantitative estimate of drug-likeness (QED) is 0.827. The molecule has 1 aromatic heterocycles. The monoisotopic (exact) mass is 251 g/mol. The van der Waals surface area contributed by atoms with Crippen molar-refractivity contribution in [3.63, 3.8) is 0 Å². The number of halogens is 1. The van der Waals surface area contributed by atoms with Crippen LogP contribution in [0, 0.1) is 5.92 Å². The van der Waals surface area contributed by atoms with Gasteiger partial charge in [0, 0.05) is 19.5 Å². The number of hydrogen-bond donors (Lipinski definition) is 1. The first-order valence-corrected chi connectivity index (χ1v) is 6.47. The van der Waals surface area contributed by atoms with Gasteiger partial charge >= 0.3 is 0 Å². The molecule has 0 aliphatic rings. The van der Waals surface area contributed by atoms with E-state index in [-0.39, 0.29) is 0 Å². The molecule has 0 bridgehead atoms. The Hall–Kier alpha value is -1.22. The van der Waals surface area contributed by atoms with E-state index in [1.807, 2.05) is 25.2 Å². The fourth-order valence-electron chi connectivity index (χ4n) is 1.86. The topological polar surface area (TPSA) is 29.9 Å². The zero-order valence-electron chi connectivity index (χ0n) is 10.3. The predicted octanol–water partition coefficient (Wildman–Crippen LogP) is 3.25. The van der Waals surface area contributed by atoms with E-state index in [0.29, 0.717) is 11.8 Å². The lowest BCUT2D eigenvalue weighted by Crippen LogP contribution is -2.14. The molecule has 3 nitrogen and oxygen atoms in total. The molecule has 0 aliphatic heterocycles. The highest BCUT2D eigenvalue weighted by molar-refractivity contribution is 6.17. The third-order valence-electron chi connectivity index (χ3n) is 3.00. The van der Waals surface area contributed by atoms with Gasteiger partial charge in [0.1, 0.15) is 0 Å². The molecule has 1 aromatic carbocycles. The first-order valence-electron chi connectivity index (χ1n) is 5.93. The summed E-state index contributed by atoms with van der Waals surface area (Å²) in [7, 11) is 2.03. The van der Waals surface area contributed by atoms with E-state index >= 15 is 0 Å². The van der Waals surface area contributed by atoms with Crippen LogP contribution in [0.2, 0.25) is 0 Å². The van der Waals surface area contributed by atoms with Crippen LogP contribution >= 0.6 is 11.6 Å². The van der Waals surface area contributed by atoms with Crippen molar-refractivity contribution in [3.05, 3.63) is 24.3 Å². The molecule has 0 saturated heterocycles. The molecule has 92 valence electrons. The number of benzene rings is 1. The molecule has 2 aromatic rings. The molecule has 17 heavy (non-hydrogen) atoms. The summed E-state index contributed by atoms with van der Waals surface area (Å²) in [5.41, 5.74) is 2.18. The normalized spacial score (nSPS) is 12.9. The van der Waals surface area contributed by atoms with E-state index < -0.39 is 0 Å². The Labute approximate surface area is 107 Å². The van der Waals surface area contributed by atoms with Gasteiger partial charge in [0.05, 0.1) is 11.0 Å². The molecule has 1 N–H and O–H groups in total. The maximum atomic E-state index is 5.73. The molecule has 1 atom stereocenters. The largest absolute Gasteiger partial charge is 0.355 e. The fraction of sp³-hybridized carbons (Fsp3) is 0.462. The molecule has 4 heteroatoms. The van der Waals surface area contributed by atoms with Crippen molar-refractivity contribution in [2.75, 3.05) is 17.7 Å². The van der Waals surface area contributed by atoms with Crippen molar-refractivity contribution in [3.8, 4) is 0 Å². The molecule has 2 rings (SSSR count). The molecular formula is C13H18ClN3. The number of imidazole rings is 1. The number of aryl methyl sites for hydroxylation is 1. The van der Waals surface area contributed by atoms with Crippen LogP contribution in [0.1, 0.15) is 13.3 Å². The van der Waals surface area contributed by atoms with Crippen LogP contribution in [0.3, 0.4) is 0 Å². The minimum absolute atomic E-state index is 0.562. The second kappa shape index (κ2) is 5.41. The van der Waals surface area contributed by atoms with Gasteiger partial charge < -0.3 is 9.88 Å². The Morgan fingerprint density at radius 3 is 2.88 bits per heavy atom. The van der Waals surface area contributed by atoms with Crippen molar-refractivity contribution >= 4 is 28.6 Å². The molecule has 0 spiro atoms. The summed E-state index contributed by atoms with van der Waals surface area (Å²) < 4.78 is 2.09. The van der Waals surface area contributed by atoms with Gasteiger partial charge in [-0.3, -0.25) is 0 Å².